The summed E-state index contributed by atoms with van der Waals surface area (Å²) in [6.45, 7) is 2.46. The summed E-state index contributed by atoms with van der Waals surface area (Å²) in [4.78, 5) is 8.41. The summed E-state index contributed by atoms with van der Waals surface area (Å²) in [5.41, 5.74) is 2.48. The number of hydrogen-bond donors (Lipinski definition) is 4. The van der Waals surface area contributed by atoms with Gasteiger partial charge in [0, 0.05) is 24.8 Å². The number of methoxy groups -OCH3 is 1. The summed E-state index contributed by atoms with van der Waals surface area (Å²) in [6, 6.07) is -0.603. The maximum Gasteiger partial charge on any atom is 0.241 e. The standard InChI is InChI=1S/C14H22N4O4/c1-3-18-5-9(4-15-10(6-19)11(21)7-20)12-13(18)14(22-2)17-8-16-12/h5,8,10-11,15,19-21H,3-4,6-7H2,1-2H3/t10-,11-/m0/s1. The van der Waals surface area contributed by atoms with Gasteiger partial charge in [-0.25, -0.2) is 4.98 Å². The highest BCUT2D eigenvalue weighted by Gasteiger charge is 2.19. The topological polar surface area (TPSA) is 113 Å². The van der Waals surface area contributed by atoms with Gasteiger partial charge < -0.3 is 29.9 Å². The minimum absolute atomic E-state index is 0.271. The largest absolute Gasteiger partial charge is 0.479 e. The van der Waals surface area contributed by atoms with Crippen molar-refractivity contribution in [2.75, 3.05) is 20.3 Å². The summed E-state index contributed by atoms with van der Waals surface area (Å²) in [5, 5.41) is 30.9. The molecule has 22 heavy (non-hydrogen) atoms. The second-order valence-electron chi connectivity index (χ2n) is 4.94. The van der Waals surface area contributed by atoms with Gasteiger partial charge in [-0.1, -0.05) is 0 Å². The van der Waals surface area contributed by atoms with E-state index >= 15 is 0 Å². The summed E-state index contributed by atoms with van der Waals surface area (Å²) >= 11 is 0. The molecule has 2 atom stereocenters. The first kappa shape index (κ1) is 16.6. The van der Waals surface area contributed by atoms with Crippen LogP contribution in [0.25, 0.3) is 11.0 Å². The molecule has 2 heterocycles. The summed E-state index contributed by atoms with van der Waals surface area (Å²) in [6.07, 6.45) is 2.36. The molecule has 0 aliphatic heterocycles. The van der Waals surface area contributed by atoms with E-state index in [1.165, 1.54) is 6.33 Å². The summed E-state index contributed by atoms with van der Waals surface area (Å²) < 4.78 is 7.27. The van der Waals surface area contributed by atoms with Crippen molar-refractivity contribution in [1.29, 1.82) is 0 Å². The van der Waals surface area contributed by atoms with E-state index in [-0.39, 0.29) is 6.61 Å². The number of fused-ring (bicyclic) bond motifs is 1. The number of aliphatic hydroxyl groups is 3. The molecular weight excluding hydrogens is 288 g/mol. The molecule has 0 amide bonds. The molecule has 2 aromatic rings. The van der Waals surface area contributed by atoms with E-state index in [1.54, 1.807) is 7.11 Å². The van der Waals surface area contributed by atoms with Crippen LogP contribution in [0.1, 0.15) is 12.5 Å². The molecule has 8 heteroatoms. The average Bonchev–Trinajstić information content (AvgIpc) is 2.93. The highest BCUT2D eigenvalue weighted by molar-refractivity contribution is 5.83. The molecule has 0 unspecified atom stereocenters. The fourth-order valence-corrected chi connectivity index (χ4v) is 2.39. The minimum atomic E-state index is -1.02. The Hall–Kier alpha value is -1.74. The minimum Gasteiger partial charge on any atom is -0.479 e. The van der Waals surface area contributed by atoms with Crippen molar-refractivity contribution in [2.24, 2.45) is 0 Å². The number of aromatic nitrogens is 3. The van der Waals surface area contributed by atoms with E-state index in [1.807, 2.05) is 17.7 Å². The van der Waals surface area contributed by atoms with Crippen molar-refractivity contribution in [3.8, 4) is 5.88 Å². The van der Waals surface area contributed by atoms with Gasteiger partial charge >= 0.3 is 0 Å². The van der Waals surface area contributed by atoms with Gasteiger partial charge in [0.25, 0.3) is 0 Å². The molecular formula is C14H22N4O4. The first-order chi connectivity index (χ1) is 10.7. The smallest absolute Gasteiger partial charge is 0.241 e. The van der Waals surface area contributed by atoms with Crippen molar-refractivity contribution in [2.45, 2.75) is 32.2 Å². The summed E-state index contributed by atoms with van der Waals surface area (Å²) in [7, 11) is 1.56. The maximum atomic E-state index is 9.62. The lowest BCUT2D eigenvalue weighted by molar-refractivity contribution is 0.0411. The van der Waals surface area contributed by atoms with E-state index < -0.39 is 18.8 Å². The quantitative estimate of drug-likeness (QED) is 0.508. The third-order valence-electron chi connectivity index (χ3n) is 3.63. The molecule has 0 bridgehead atoms. The number of nitrogens with zero attached hydrogens (tertiary/aromatic N) is 3. The molecule has 4 N–H and O–H groups in total. The average molecular weight is 310 g/mol. The fraction of sp³-hybridized carbons (Fsp3) is 0.571. The van der Waals surface area contributed by atoms with Gasteiger partial charge in [-0.05, 0) is 6.92 Å². The van der Waals surface area contributed by atoms with Gasteiger partial charge in [-0.2, -0.15) is 4.98 Å². The SMILES string of the molecule is CCn1cc(CN[C@@H](CO)[C@@H](O)CO)c2ncnc(OC)c21. The van der Waals surface area contributed by atoms with Crippen LogP contribution in [0.3, 0.4) is 0 Å². The Morgan fingerprint density at radius 3 is 2.68 bits per heavy atom. The molecule has 0 spiro atoms. The molecule has 0 saturated carbocycles. The Bertz CT molecular complexity index is 616. The zero-order valence-electron chi connectivity index (χ0n) is 12.7. The van der Waals surface area contributed by atoms with Crippen molar-refractivity contribution in [3.63, 3.8) is 0 Å². The fourth-order valence-electron chi connectivity index (χ4n) is 2.39. The van der Waals surface area contributed by atoms with E-state index in [9.17, 15) is 10.2 Å². The molecule has 0 aliphatic rings. The van der Waals surface area contributed by atoms with E-state index in [4.69, 9.17) is 9.84 Å². The van der Waals surface area contributed by atoms with E-state index in [2.05, 4.69) is 15.3 Å². The molecule has 0 aliphatic carbocycles. The van der Waals surface area contributed by atoms with Crippen molar-refractivity contribution >= 4 is 11.0 Å². The van der Waals surface area contributed by atoms with Gasteiger partial charge in [0.15, 0.2) is 0 Å². The van der Waals surface area contributed by atoms with Gasteiger partial charge in [-0.15, -0.1) is 0 Å². The van der Waals surface area contributed by atoms with Gasteiger partial charge in [0.05, 0.1) is 32.5 Å². The molecule has 2 aromatic heterocycles. The van der Waals surface area contributed by atoms with Crippen LogP contribution in [0.2, 0.25) is 0 Å². The Morgan fingerprint density at radius 2 is 2.09 bits per heavy atom. The number of aryl methyl sites for hydroxylation is 1. The molecule has 122 valence electrons. The molecule has 0 radical (unpaired) electrons. The highest BCUT2D eigenvalue weighted by atomic mass is 16.5. The first-order valence-electron chi connectivity index (χ1n) is 7.16. The van der Waals surface area contributed by atoms with Gasteiger partial charge in [0.2, 0.25) is 5.88 Å². The lowest BCUT2D eigenvalue weighted by Gasteiger charge is -2.20. The van der Waals surface area contributed by atoms with Crippen molar-refractivity contribution in [3.05, 3.63) is 18.1 Å². The van der Waals surface area contributed by atoms with Crippen molar-refractivity contribution < 1.29 is 20.1 Å². The summed E-state index contributed by atoms with van der Waals surface area (Å²) in [5.74, 6) is 0.507. The van der Waals surface area contributed by atoms with Gasteiger partial charge in [-0.3, -0.25) is 0 Å². The maximum absolute atomic E-state index is 9.62. The van der Waals surface area contributed by atoms with Gasteiger partial charge in [0.1, 0.15) is 17.4 Å². The zero-order valence-corrected chi connectivity index (χ0v) is 12.7. The normalized spacial score (nSPS) is 14.2. The lowest BCUT2D eigenvalue weighted by Crippen LogP contribution is -2.44. The number of rotatable bonds is 8. The van der Waals surface area contributed by atoms with Crippen LogP contribution in [0, 0.1) is 0 Å². The Kier molecular flexibility index (Phi) is 5.67. The Labute approximate surface area is 128 Å². The molecule has 0 aromatic carbocycles. The number of hydrogen-bond acceptors (Lipinski definition) is 7. The predicted molar refractivity (Wildman–Crippen MR) is 80.6 cm³/mol. The second kappa shape index (κ2) is 7.50. The molecule has 2 rings (SSSR count). The third kappa shape index (κ3) is 3.20. The van der Waals surface area contributed by atoms with E-state index in [0.29, 0.717) is 12.4 Å². The van der Waals surface area contributed by atoms with Crippen LogP contribution in [0.15, 0.2) is 12.5 Å². The van der Waals surface area contributed by atoms with E-state index in [0.717, 1.165) is 23.1 Å². The van der Waals surface area contributed by atoms with Crippen LogP contribution in [0.5, 0.6) is 5.88 Å². The number of aliphatic hydroxyl groups excluding tert-OH is 3. The highest BCUT2D eigenvalue weighted by Crippen LogP contribution is 2.26. The zero-order chi connectivity index (χ0) is 16.1. The van der Waals surface area contributed by atoms with Crippen LogP contribution in [0.4, 0.5) is 0 Å². The van der Waals surface area contributed by atoms with Crippen LogP contribution < -0.4 is 10.1 Å². The lowest BCUT2D eigenvalue weighted by atomic mass is 10.1. The number of nitrogens with one attached hydrogen (secondary N) is 1. The Morgan fingerprint density at radius 1 is 1.32 bits per heavy atom. The molecule has 0 fully saturated rings. The van der Waals surface area contributed by atoms with Crippen LogP contribution in [-0.4, -0.2) is 62.3 Å². The van der Waals surface area contributed by atoms with Crippen LogP contribution >= 0.6 is 0 Å². The monoisotopic (exact) mass is 310 g/mol. The Balaban J connectivity index is 2.28. The third-order valence-corrected chi connectivity index (χ3v) is 3.63. The molecule has 0 saturated heterocycles. The second-order valence-corrected chi connectivity index (χ2v) is 4.94. The number of ether oxygens (including phenoxy) is 1. The van der Waals surface area contributed by atoms with Crippen molar-refractivity contribution in [1.82, 2.24) is 19.9 Å². The van der Waals surface area contributed by atoms with Crippen LogP contribution in [-0.2, 0) is 13.1 Å². The predicted octanol–water partition coefficient (Wildman–Crippen LogP) is -0.736. The molecule has 8 nitrogen and oxygen atoms in total. The first-order valence-corrected chi connectivity index (χ1v) is 7.16.